The van der Waals surface area contributed by atoms with Crippen molar-refractivity contribution >= 4 is 22.8 Å². The zero-order chi connectivity index (χ0) is 14.2. The molecule has 0 aliphatic heterocycles. The number of carboxylic acid groups (broad SMARTS) is 1. The van der Waals surface area contributed by atoms with Crippen molar-refractivity contribution in [2.24, 2.45) is 0 Å². The zero-order valence-corrected chi connectivity index (χ0v) is 11.0. The monoisotopic (exact) mass is 261 g/mol. The Morgan fingerprint density at radius 3 is 2.58 bits per heavy atom. The first-order valence-corrected chi connectivity index (χ1v) is 5.86. The summed E-state index contributed by atoms with van der Waals surface area (Å²) >= 11 is 0. The third kappa shape index (κ3) is 2.19. The van der Waals surface area contributed by atoms with Gasteiger partial charge in [0.2, 0.25) is 0 Å². The number of aromatic nitrogens is 1. The van der Waals surface area contributed by atoms with E-state index in [1.165, 1.54) is 7.11 Å². The van der Waals surface area contributed by atoms with Crippen molar-refractivity contribution in [1.82, 2.24) is 4.98 Å². The van der Waals surface area contributed by atoms with Crippen LogP contribution in [0.25, 0.3) is 10.9 Å². The molecule has 0 aliphatic carbocycles. The molecule has 0 aliphatic rings. The van der Waals surface area contributed by atoms with Crippen LogP contribution >= 0.6 is 0 Å². The first-order valence-electron chi connectivity index (χ1n) is 5.86. The van der Waals surface area contributed by atoms with Crippen LogP contribution in [0.15, 0.2) is 12.1 Å². The first-order chi connectivity index (χ1) is 8.95. The Kier molecular flexibility index (Phi) is 3.29. The van der Waals surface area contributed by atoms with Gasteiger partial charge in [0.1, 0.15) is 5.69 Å². The largest absolute Gasteiger partial charge is 0.477 e. The molecular formula is C14H15NO4. The van der Waals surface area contributed by atoms with Crippen LogP contribution in [0.2, 0.25) is 0 Å². The minimum Gasteiger partial charge on any atom is -0.477 e. The van der Waals surface area contributed by atoms with E-state index in [1.54, 1.807) is 0 Å². The lowest BCUT2D eigenvalue weighted by Gasteiger charge is -2.05. The molecule has 0 saturated carbocycles. The van der Waals surface area contributed by atoms with Crippen molar-refractivity contribution < 1.29 is 19.4 Å². The number of nitrogens with one attached hydrogen (secondary N) is 1. The molecule has 5 nitrogen and oxygen atoms in total. The van der Waals surface area contributed by atoms with E-state index >= 15 is 0 Å². The van der Waals surface area contributed by atoms with E-state index in [9.17, 15) is 14.7 Å². The molecule has 1 aromatic carbocycles. The summed E-state index contributed by atoms with van der Waals surface area (Å²) in [5, 5.41) is 10.0. The Balaban J connectivity index is 2.74. The average Bonchev–Trinajstić information content (AvgIpc) is 2.73. The van der Waals surface area contributed by atoms with E-state index in [1.807, 2.05) is 26.0 Å². The number of aromatic amines is 1. The molecule has 100 valence electrons. The third-order valence-electron chi connectivity index (χ3n) is 3.36. The van der Waals surface area contributed by atoms with E-state index in [0.29, 0.717) is 5.56 Å². The first kappa shape index (κ1) is 13.1. The number of aromatic carboxylic acids is 1. The van der Waals surface area contributed by atoms with Crippen LogP contribution in [-0.2, 0) is 16.0 Å². The number of rotatable bonds is 3. The van der Waals surface area contributed by atoms with Crippen LogP contribution in [0.1, 0.15) is 27.2 Å². The highest BCUT2D eigenvalue weighted by atomic mass is 16.5. The second-order valence-corrected chi connectivity index (χ2v) is 4.47. The highest BCUT2D eigenvalue weighted by molar-refractivity contribution is 6.01. The van der Waals surface area contributed by atoms with E-state index < -0.39 is 11.9 Å². The van der Waals surface area contributed by atoms with Crippen LogP contribution < -0.4 is 0 Å². The lowest BCUT2D eigenvalue weighted by molar-refractivity contribution is -0.139. The predicted octanol–water partition coefficient (Wildman–Crippen LogP) is 2.20. The van der Waals surface area contributed by atoms with Gasteiger partial charge in [0.15, 0.2) is 0 Å². The Labute approximate surface area is 110 Å². The lowest BCUT2D eigenvalue weighted by Crippen LogP contribution is -2.09. The molecule has 0 amide bonds. The molecule has 0 unspecified atom stereocenters. The molecule has 2 aromatic rings. The number of esters is 1. The van der Waals surface area contributed by atoms with Gasteiger partial charge in [-0.15, -0.1) is 0 Å². The summed E-state index contributed by atoms with van der Waals surface area (Å²) in [5.41, 5.74) is 3.28. The normalized spacial score (nSPS) is 10.7. The van der Waals surface area contributed by atoms with Gasteiger partial charge in [0.05, 0.1) is 13.5 Å². The van der Waals surface area contributed by atoms with Gasteiger partial charge in [-0.25, -0.2) is 4.79 Å². The maximum Gasteiger partial charge on any atom is 0.352 e. The zero-order valence-electron chi connectivity index (χ0n) is 11.0. The number of methoxy groups -OCH3 is 1. The Morgan fingerprint density at radius 2 is 2.00 bits per heavy atom. The molecule has 2 N–H and O–H groups in total. The van der Waals surface area contributed by atoms with Crippen molar-refractivity contribution in [3.8, 4) is 0 Å². The fraction of sp³-hybridized carbons (Fsp3) is 0.286. The summed E-state index contributed by atoms with van der Waals surface area (Å²) in [5.74, 6) is -1.53. The van der Waals surface area contributed by atoms with Gasteiger partial charge in [0.25, 0.3) is 0 Å². The van der Waals surface area contributed by atoms with Gasteiger partial charge in [-0.1, -0.05) is 6.07 Å². The fourth-order valence-electron chi connectivity index (χ4n) is 2.22. The molecule has 0 atom stereocenters. The standard InChI is InChI=1S/C14H15NO4/c1-7-4-5-10-12(8(7)2)9(6-11(16)19-3)13(15-10)14(17)18/h4-5,15H,6H2,1-3H3,(H,17,18). The minimum atomic E-state index is -1.08. The molecule has 5 heteroatoms. The van der Waals surface area contributed by atoms with Gasteiger partial charge in [-0.05, 0) is 31.0 Å². The highest BCUT2D eigenvalue weighted by Gasteiger charge is 2.21. The van der Waals surface area contributed by atoms with Crippen molar-refractivity contribution in [1.29, 1.82) is 0 Å². The number of carbonyl (C=O) groups is 2. The highest BCUT2D eigenvalue weighted by Crippen LogP contribution is 2.28. The number of aryl methyl sites for hydroxylation is 2. The van der Waals surface area contributed by atoms with Crippen LogP contribution in [-0.4, -0.2) is 29.1 Å². The van der Waals surface area contributed by atoms with Gasteiger partial charge in [-0.3, -0.25) is 4.79 Å². The van der Waals surface area contributed by atoms with Crippen LogP contribution in [0.4, 0.5) is 0 Å². The van der Waals surface area contributed by atoms with Crippen LogP contribution in [0.5, 0.6) is 0 Å². The van der Waals surface area contributed by atoms with E-state index in [4.69, 9.17) is 0 Å². The van der Waals surface area contributed by atoms with Crippen molar-refractivity contribution in [2.45, 2.75) is 20.3 Å². The van der Waals surface area contributed by atoms with Gasteiger partial charge < -0.3 is 14.8 Å². The number of ether oxygens (including phenoxy) is 1. The molecule has 0 radical (unpaired) electrons. The minimum absolute atomic E-state index is 0.0501. The molecule has 1 heterocycles. The van der Waals surface area contributed by atoms with Crippen molar-refractivity contribution in [3.05, 3.63) is 34.5 Å². The number of carbonyl (C=O) groups excluding carboxylic acids is 1. The quantitative estimate of drug-likeness (QED) is 0.830. The Bertz CT molecular complexity index is 670. The van der Waals surface area contributed by atoms with Crippen LogP contribution in [0, 0.1) is 13.8 Å². The number of benzene rings is 1. The van der Waals surface area contributed by atoms with Crippen molar-refractivity contribution in [3.63, 3.8) is 0 Å². The third-order valence-corrected chi connectivity index (χ3v) is 3.36. The lowest BCUT2D eigenvalue weighted by atomic mass is 9.99. The number of H-pyrrole nitrogens is 1. The summed E-state index contributed by atoms with van der Waals surface area (Å²) in [6.07, 6.45) is -0.0531. The molecule has 0 spiro atoms. The maximum atomic E-state index is 11.5. The van der Waals surface area contributed by atoms with Crippen molar-refractivity contribution in [2.75, 3.05) is 7.11 Å². The molecule has 0 fully saturated rings. The van der Waals surface area contributed by atoms with Gasteiger partial charge in [0, 0.05) is 16.5 Å². The number of fused-ring (bicyclic) bond motifs is 1. The molecule has 19 heavy (non-hydrogen) atoms. The molecule has 1 aromatic heterocycles. The predicted molar refractivity (Wildman–Crippen MR) is 70.5 cm³/mol. The summed E-state index contributed by atoms with van der Waals surface area (Å²) in [6.45, 7) is 3.86. The summed E-state index contributed by atoms with van der Waals surface area (Å²) in [6, 6.07) is 3.74. The number of carboxylic acids is 1. The smallest absolute Gasteiger partial charge is 0.352 e. The topological polar surface area (TPSA) is 79.4 Å². The second-order valence-electron chi connectivity index (χ2n) is 4.47. The van der Waals surface area contributed by atoms with E-state index in [0.717, 1.165) is 22.0 Å². The summed E-state index contributed by atoms with van der Waals surface area (Å²) in [4.78, 5) is 25.6. The van der Waals surface area contributed by atoms with Gasteiger partial charge >= 0.3 is 11.9 Å². The summed E-state index contributed by atoms with van der Waals surface area (Å²) in [7, 11) is 1.29. The van der Waals surface area contributed by atoms with E-state index in [-0.39, 0.29) is 12.1 Å². The van der Waals surface area contributed by atoms with Gasteiger partial charge in [-0.2, -0.15) is 0 Å². The molecular weight excluding hydrogens is 246 g/mol. The molecule has 0 bridgehead atoms. The molecule has 2 rings (SSSR count). The maximum absolute atomic E-state index is 11.5. The Morgan fingerprint density at radius 1 is 1.32 bits per heavy atom. The second kappa shape index (κ2) is 4.76. The Hall–Kier alpha value is -2.30. The fourth-order valence-corrected chi connectivity index (χ4v) is 2.22. The molecule has 0 saturated heterocycles. The van der Waals surface area contributed by atoms with Crippen LogP contribution in [0.3, 0.4) is 0 Å². The average molecular weight is 261 g/mol. The summed E-state index contributed by atoms with van der Waals surface area (Å²) < 4.78 is 4.63. The number of hydrogen-bond donors (Lipinski definition) is 2. The SMILES string of the molecule is COC(=O)Cc1c(C(=O)O)[nH]c2ccc(C)c(C)c12. The van der Waals surface area contributed by atoms with E-state index in [2.05, 4.69) is 9.72 Å². The number of hydrogen-bond acceptors (Lipinski definition) is 3.